The van der Waals surface area contributed by atoms with Crippen molar-refractivity contribution < 1.29 is 9.18 Å². The zero-order chi connectivity index (χ0) is 15.5. The molecule has 0 aliphatic carbocycles. The number of nitrogens with zero attached hydrogens (tertiary/aromatic N) is 1. The number of halogens is 2. The highest BCUT2D eigenvalue weighted by molar-refractivity contribution is 6.30. The number of nitrogens with two attached hydrogens (primary N) is 1. The van der Waals surface area contributed by atoms with Gasteiger partial charge in [0.25, 0.3) is 0 Å². The molecule has 1 heterocycles. The number of hydrogen-bond acceptors (Lipinski definition) is 3. The van der Waals surface area contributed by atoms with Crippen LogP contribution < -0.4 is 11.1 Å². The number of benzene rings is 1. The summed E-state index contributed by atoms with van der Waals surface area (Å²) in [4.78, 5) is 14.1. The summed E-state index contributed by atoms with van der Waals surface area (Å²) in [6.07, 6.45) is 1.39. The van der Waals surface area contributed by atoms with Crippen molar-refractivity contribution >= 4 is 23.2 Å². The maximum atomic E-state index is 13.6. The van der Waals surface area contributed by atoms with Crippen molar-refractivity contribution in [1.29, 1.82) is 0 Å². The number of carbonyl (C=O) groups excluding carboxylic acids is 1. The summed E-state index contributed by atoms with van der Waals surface area (Å²) in [5.41, 5.74) is 6.07. The van der Waals surface area contributed by atoms with Gasteiger partial charge in [-0.05, 0) is 43.1 Å². The molecular weight excluding hydrogens is 293 g/mol. The molecule has 0 saturated carbocycles. The largest absolute Gasteiger partial charge is 0.330 e. The monoisotopic (exact) mass is 313 g/mol. The van der Waals surface area contributed by atoms with Crippen LogP contribution in [0.3, 0.4) is 0 Å². The predicted octanol–water partition coefficient (Wildman–Crippen LogP) is 2.48. The molecule has 3 N–H and O–H groups in total. The van der Waals surface area contributed by atoms with E-state index in [2.05, 4.69) is 17.1 Å². The van der Waals surface area contributed by atoms with E-state index in [4.69, 9.17) is 17.3 Å². The average molecular weight is 314 g/mol. The van der Waals surface area contributed by atoms with E-state index in [9.17, 15) is 9.18 Å². The first-order valence-corrected chi connectivity index (χ1v) is 7.47. The Balaban J connectivity index is 1.80. The molecule has 1 unspecified atom stereocenters. The van der Waals surface area contributed by atoms with E-state index in [1.54, 1.807) is 6.07 Å². The van der Waals surface area contributed by atoms with Gasteiger partial charge in [-0.25, -0.2) is 4.39 Å². The number of likely N-dealkylation sites (tertiary alicyclic amines) is 1. The lowest BCUT2D eigenvalue weighted by molar-refractivity contribution is -0.116. The van der Waals surface area contributed by atoms with Gasteiger partial charge in [-0.2, -0.15) is 0 Å². The lowest BCUT2D eigenvalue weighted by Gasteiger charge is -2.22. The van der Waals surface area contributed by atoms with Gasteiger partial charge in [0.05, 0.1) is 5.69 Å². The summed E-state index contributed by atoms with van der Waals surface area (Å²) in [7, 11) is 0. The first-order chi connectivity index (χ1) is 9.92. The van der Waals surface area contributed by atoms with Gasteiger partial charge in [0.15, 0.2) is 0 Å². The molecular formula is C15H21ClFN3O. The van der Waals surface area contributed by atoms with Crippen LogP contribution in [0.1, 0.15) is 19.8 Å². The molecule has 1 aromatic carbocycles. The summed E-state index contributed by atoms with van der Waals surface area (Å²) in [5, 5.41) is 2.88. The van der Waals surface area contributed by atoms with Gasteiger partial charge in [0.1, 0.15) is 5.82 Å². The lowest BCUT2D eigenvalue weighted by Crippen LogP contribution is -2.32. The SMILES string of the molecule is CC1(CN)CCN(CCC(=O)Nc2ccc(Cl)cc2F)C1. The minimum absolute atomic E-state index is 0.152. The smallest absolute Gasteiger partial charge is 0.225 e. The maximum absolute atomic E-state index is 13.6. The molecule has 0 aromatic heterocycles. The lowest BCUT2D eigenvalue weighted by atomic mass is 9.90. The minimum Gasteiger partial charge on any atom is -0.330 e. The second-order valence-electron chi connectivity index (χ2n) is 5.96. The van der Waals surface area contributed by atoms with Gasteiger partial charge in [-0.3, -0.25) is 4.79 Å². The average Bonchev–Trinajstić information content (AvgIpc) is 2.82. The van der Waals surface area contributed by atoms with Crippen molar-refractivity contribution in [2.75, 3.05) is 31.5 Å². The molecule has 21 heavy (non-hydrogen) atoms. The molecule has 6 heteroatoms. The van der Waals surface area contributed by atoms with E-state index in [1.165, 1.54) is 12.1 Å². The standard InChI is InChI=1S/C15H21ClFN3O/c1-15(9-18)5-7-20(10-15)6-4-14(21)19-13-3-2-11(16)8-12(13)17/h2-3,8H,4-7,9-10,18H2,1H3,(H,19,21). The summed E-state index contributed by atoms with van der Waals surface area (Å²) in [6, 6.07) is 4.20. The van der Waals surface area contributed by atoms with E-state index in [1.807, 2.05) is 0 Å². The Morgan fingerprint density at radius 3 is 2.95 bits per heavy atom. The molecule has 0 spiro atoms. The van der Waals surface area contributed by atoms with Crippen molar-refractivity contribution in [3.05, 3.63) is 29.0 Å². The van der Waals surface area contributed by atoms with Crippen LogP contribution in [-0.2, 0) is 4.79 Å². The molecule has 0 bridgehead atoms. The van der Waals surface area contributed by atoms with E-state index in [0.29, 0.717) is 24.5 Å². The molecule has 1 aromatic rings. The first-order valence-electron chi connectivity index (χ1n) is 7.09. The van der Waals surface area contributed by atoms with Gasteiger partial charge in [-0.1, -0.05) is 18.5 Å². The fraction of sp³-hybridized carbons (Fsp3) is 0.533. The molecule has 1 aliphatic rings. The van der Waals surface area contributed by atoms with Crippen molar-refractivity contribution in [3.63, 3.8) is 0 Å². The van der Waals surface area contributed by atoms with Crippen molar-refractivity contribution in [2.45, 2.75) is 19.8 Å². The highest BCUT2D eigenvalue weighted by atomic mass is 35.5. The first kappa shape index (κ1) is 16.2. The second kappa shape index (κ2) is 6.73. The van der Waals surface area contributed by atoms with Crippen LogP contribution in [0.15, 0.2) is 18.2 Å². The molecule has 1 fully saturated rings. The van der Waals surface area contributed by atoms with Crippen LogP contribution in [0, 0.1) is 11.2 Å². The Hall–Kier alpha value is -1.17. The number of anilines is 1. The Labute approximate surface area is 129 Å². The molecule has 116 valence electrons. The predicted molar refractivity (Wildman–Crippen MR) is 82.9 cm³/mol. The summed E-state index contributed by atoms with van der Waals surface area (Å²) >= 11 is 5.67. The fourth-order valence-corrected chi connectivity index (χ4v) is 2.71. The third kappa shape index (κ3) is 4.40. The van der Waals surface area contributed by atoms with Crippen LogP contribution in [0.4, 0.5) is 10.1 Å². The van der Waals surface area contributed by atoms with E-state index in [0.717, 1.165) is 19.5 Å². The Morgan fingerprint density at radius 2 is 2.33 bits per heavy atom. The summed E-state index contributed by atoms with van der Waals surface area (Å²) in [5.74, 6) is -0.717. The molecule has 1 amide bonds. The number of carbonyl (C=O) groups is 1. The van der Waals surface area contributed by atoms with Crippen molar-refractivity contribution in [2.24, 2.45) is 11.1 Å². The van der Waals surface area contributed by atoms with Gasteiger partial charge in [-0.15, -0.1) is 0 Å². The van der Waals surface area contributed by atoms with Gasteiger partial charge in [0, 0.05) is 24.5 Å². The van der Waals surface area contributed by atoms with Crippen LogP contribution in [-0.4, -0.2) is 37.0 Å². The molecule has 4 nitrogen and oxygen atoms in total. The van der Waals surface area contributed by atoms with E-state index in [-0.39, 0.29) is 17.0 Å². The second-order valence-corrected chi connectivity index (χ2v) is 6.40. The third-order valence-electron chi connectivity index (χ3n) is 3.99. The normalized spacial score (nSPS) is 22.5. The molecule has 0 radical (unpaired) electrons. The van der Waals surface area contributed by atoms with Crippen LogP contribution in [0.25, 0.3) is 0 Å². The topological polar surface area (TPSA) is 58.4 Å². The zero-order valence-electron chi connectivity index (χ0n) is 12.2. The molecule has 1 aliphatic heterocycles. The maximum Gasteiger partial charge on any atom is 0.225 e. The van der Waals surface area contributed by atoms with Gasteiger partial charge in [0.2, 0.25) is 5.91 Å². The number of rotatable bonds is 5. The number of nitrogens with one attached hydrogen (secondary N) is 1. The Bertz CT molecular complexity index is 526. The van der Waals surface area contributed by atoms with Crippen LogP contribution in [0.5, 0.6) is 0 Å². The molecule has 2 rings (SSSR count). The minimum atomic E-state index is -0.521. The highest BCUT2D eigenvalue weighted by Gasteiger charge is 2.32. The fourth-order valence-electron chi connectivity index (χ4n) is 2.55. The molecule has 1 atom stereocenters. The molecule has 1 saturated heterocycles. The van der Waals surface area contributed by atoms with Gasteiger partial charge >= 0.3 is 0 Å². The van der Waals surface area contributed by atoms with Crippen LogP contribution in [0.2, 0.25) is 5.02 Å². The van der Waals surface area contributed by atoms with E-state index < -0.39 is 5.82 Å². The van der Waals surface area contributed by atoms with E-state index >= 15 is 0 Å². The van der Waals surface area contributed by atoms with Crippen molar-refractivity contribution in [3.8, 4) is 0 Å². The number of amides is 1. The zero-order valence-corrected chi connectivity index (χ0v) is 12.9. The Morgan fingerprint density at radius 1 is 1.57 bits per heavy atom. The quantitative estimate of drug-likeness (QED) is 0.878. The summed E-state index contributed by atoms with van der Waals surface area (Å²) in [6.45, 7) is 5.35. The third-order valence-corrected chi connectivity index (χ3v) is 4.23. The van der Waals surface area contributed by atoms with Crippen LogP contribution >= 0.6 is 11.6 Å². The van der Waals surface area contributed by atoms with Crippen molar-refractivity contribution in [1.82, 2.24) is 4.90 Å². The Kier molecular flexibility index (Phi) is 5.19. The number of hydrogen-bond donors (Lipinski definition) is 2. The highest BCUT2D eigenvalue weighted by Crippen LogP contribution is 2.28. The van der Waals surface area contributed by atoms with Gasteiger partial charge < -0.3 is 16.0 Å². The summed E-state index contributed by atoms with van der Waals surface area (Å²) < 4.78 is 13.6.